The van der Waals surface area contributed by atoms with Crippen molar-refractivity contribution >= 4 is 5.91 Å². The average Bonchev–Trinajstić information content (AvgIpc) is 2.99. The highest BCUT2D eigenvalue weighted by Crippen LogP contribution is 2.33. The summed E-state index contributed by atoms with van der Waals surface area (Å²) in [6, 6.07) is 5.56. The number of fused-ring (bicyclic) bond motifs is 1. The first kappa shape index (κ1) is 16.8. The number of hydrogen-bond acceptors (Lipinski definition) is 6. The fourth-order valence-corrected chi connectivity index (χ4v) is 3.48. The maximum atomic E-state index is 13.3. The van der Waals surface area contributed by atoms with Crippen LogP contribution in [0.2, 0.25) is 0 Å². The van der Waals surface area contributed by atoms with Gasteiger partial charge in [-0.05, 0) is 50.6 Å². The fourth-order valence-electron chi connectivity index (χ4n) is 3.48. The number of aromatic nitrogens is 2. The summed E-state index contributed by atoms with van der Waals surface area (Å²) >= 11 is 0. The summed E-state index contributed by atoms with van der Waals surface area (Å²) in [4.78, 5) is 23.4. The standard InChI is InChI=1S/C19H22N4O3/c24-19(15-3-4-17-18(8-15)26-13-25-17)23(11-14-9-21-12-22-10-14)16-2-1-6-20-7-5-16/h3-4,8-10,12,16,20H,1-2,5-7,11,13H2. The Bertz CT molecular complexity index is 761. The normalized spacial score (nSPS) is 19.0. The van der Waals surface area contributed by atoms with Crippen molar-refractivity contribution in [2.24, 2.45) is 0 Å². The molecule has 0 aliphatic carbocycles. The predicted molar refractivity (Wildman–Crippen MR) is 95.0 cm³/mol. The number of nitrogens with zero attached hydrogens (tertiary/aromatic N) is 3. The molecule has 1 aromatic carbocycles. The summed E-state index contributed by atoms with van der Waals surface area (Å²) in [5, 5.41) is 3.41. The van der Waals surface area contributed by atoms with Gasteiger partial charge in [0.1, 0.15) is 6.33 Å². The molecule has 136 valence electrons. The smallest absolute Gasteiger partial charge is 0.254 e. The summed E-state index contributed by atoms with van der Waals surface area (Å²) < 4.78 is 10.8. The minimum atomic E-state index is -0.000877. The summed E-state index contributed by atoms with van der Waals surface area (Å²) in [7, 11) is 0. The maximum Gasteiger partial charge on any atom is 0.254 e. The molecular weight excluding hydrogens is 332 g/mol. The van der Waals surface area contributed by atoms with E-state index < -0.39 is 0 Å². The molecule has 1 N–H and O–H groups in total. The van der Waals surface area contributed by atoms with Crippen LogP contribution in [0, 0.1) is 0 Å². The van der Waals surface area contributed by atoms with Crippen molar-refractivity contribution in [2.75, 3.05) is 19.9 Å². The highest BCUT2D eigenvalue weighted by atomic mass is 16.7. The molecule has 1 aromatic heterocycles. The Labute approximate surface area is 152 Å². The van der Waals surface area contributed by atoms with E-state index in [1.54, 1.807) is 30.6 Å². The molecule has 0 spiro atoms. The van der Waals surface area contributed by atoms with Crippen LogP contribution in [0.25, 0.3) is 0 Å². The van der Waals surface area contributed by atoms with Gasteiger partial charge in [0.15, 0.2) is 11.5 Å². The number of amides is 1. The minimum absolute atomic E-state index is 0.000877. The number of benzene rings is 1. The minimum Gasteiger partial charge on any atom is -0.454 e. The van der Waals surface area contributed by atoms with E-state index in [1.807, 2.05) is 4.90 Å². The summed E-state index contributed by atoms with van der Waals surface area (Å²) in [6.07, 6.45) is 8.01. The van der Waals surface area contributed by atoms with Crippen LogP contribution in [0.4, 0.5) is 0 Å². The molecule has 2 aliphatic heterocycles. The van der Waals surface area contributed by atoms with Crippen molar-refractivity contribution in [1.82, 2.24) is 20.2 Å². The summed E-state index contributed by atoms with van der Waals surface area (Å²) in [5.41, 5.74) is 1.54. The van der Waals surface area contributed by atoms with Gasteiger partial charge in [-0.1, -0.05) is 0 Å². The van der Waals surface area contributed by atoms with Gasteiger partial charge in [0.05, 0.1) is 0 Å². The van der Waals surface area contributed by atoms with Gasteiger partial charge in [-0.25, -0.2) is 9.97 Å². The Morgan fingerprint density at radius 1 is 1.15 bits per heavy atom. The SMILES string of the molecule is O=C(c1ccc2c(c1)OCO2)N(Cc1cncnc1)C1CCCNCC1. The maximum absolute atomic E-state index is 13.3. The van der Waals surface area contributed by atoms with Crippen molar-refractivity contribution < 1.29 is 14.3 Å². The van der Waals surface area contributed by atoms with Crippen LogP contribution < -0.4 is 14.8 Å². The lowest BCUT2D eigenvalue weighted by Gasteiger charge is -2.31. The zero-order valence-corrected chi connectivity index (χ0v) is 14.6. The van der Waals surface area contributed by atoms with Gasteiger partial charge in [-0.15, -0.1) is 0 Å². The van der Waals surface area contributed by atoms with Crippen LogP contribution in [-0.2, 0) is 6.54 Å². The monoisotopic (exact) mass is 354 g/mol. The van der Waals surface area contributed by atoms with E-state index in [0.29, 0.717) is 23.6 Å². The molecule has 1 fully saturated rings. The molecule has 2 aliphatic rings. The third-order valence-electron chi connectivity index (χ3n) is 4.83. The quantitative estimate of drug-likeness (QED) is 0.905. The third-order valence-corrected chi connectivity index (χ3v) is 4.83. The van der Waals surface area contributed by atoms with Gasteiger partial charge in [0.2, 0.25) is 6.79 Å². The van der Waals surface area contributed by atoms with Crippen molar-refractivity contribution in [1.29, 1.82) is 0 Å². The summed E-state index contributed by atoms with van der Waals surface area (Å²) in [5.74, 6) is 1.31. The van der Waals surface area contributed by atoms with Gasteiger partial charge in [-0.3, -0.25) is 4.79 Å². The predicted octanol–water partition coefficient (Wildman–Crippen LogP) is 1.99. The van der Waals surface area contributed by atoms with Gasteiger partial charge < -0.3 is 19.7 Å². The van der Waals surface area contributed by atoms with Gasteiger partial charge in [0, 0.05) is 36.1 Å². The van der Waals surface area contributed by atoms with Crippen LogP contribution in [0.3, 0.4) is 0 Å². The van der Waals surface area contributed by atoms with Crippen molar-refractivity contribution in [3.63, 3.8) is 0 Å². The van der Waals surface area contributed by atoms with E-state index in [2.05, 4.69) is 15.3 Å². The lowest BCUT2D eigenvalue weighted by Crippen LogP contribution is -2.40. The Morgan fingerprint density at radius 3 is 2.88 bits per heavy atom. The number of nitrogens with one attached hydrogen (secondary N) is 1. The third kappa shape index (κ3) is 3.62. The lowest BCUT2D eigenvalue weighted by molar-refractivity contribution is 0.0644. The van der Waals surface area contributed by atoms with Crippen LogP contribution >= 0.6 is 0 Å². The number of hydrogen-bond donors (Lipinski definition) is 1. The Kier molecular flexibility index (Phi) is 4.97. The molecule has 1 unspecified atom stereocenters. The molecule has 3 heterocycles. The van der Waals surface area contributed by atoms with E-state index >= 15 is 0 Å². The Hall–Kier alpha value is -2.67. The molecule has 26 heavy (non-hydrogen) atoms. The first-order chi connectivity index (χ1) is 12.8. The van der Waals surface area contributed by atoms with Crippen LogP contribution in [-0.4, -0.2) is 46.7 Å². The van der Waals surface area contributed by atoms with E-state index in [0.717, 1.165) is 37.9 Å². The van der Waals surface area contributed by atoms with E-state index in [1.165, 1.54) is 6.33 Å². The molecule has 0 bridgehead atoms. The van der Waals surface area contributed by atoms with Crippen LogP contribution in [0.1, 0.15) is 35.2 Å². The largest absolute Gasteiger partial charge is 0.454 e. The Balaban J connectivity index is 1.61. The highest BCUT2D eigenvalue weighted by molar-refractivity contribution is 5.95. The molecule has 1 amide bonds. The number of ether oxygens (including phenoxy) is 2. The first-order valence-electron chi connectivity index (χ1n) is 8.96. The summed E-state index contributed by atoms with van der Waals surface area (Å²) in [6.45, 7) is 2.61. The second-order valence-electron chi connectivity index (χ2n) is 6.58. The molecule has 4 rings (SSSR count). The van der Waals surface area contributed by atoms with Crippen molar-refractivity contribution in [3.8, 4) is 11.5 Å². The first-order valence-corrected chi connectivity index (χ1v) is 8.96. The van der Waals surface area contributed by atoms with Crippen molar-refractivity contribution in [2.45, 2.75) is 31.8 Å². The zero-order valence-electron chi connectivity index (χ0n) is 14.6. The number of carbonyl (C=O) groups is 1. The van der Waals surface area contributed by atoms with E-state index in [9.17, 15) is 4.79 Å². The van der Waals surface area contributed by atoms with Crippen molar-refractivity contribution in [3.05, 3.63) is 48.0 Å². The zero-order chi connectivity index (χ0) is 17.8. The molecule has 0 radical (unpaired) electrons. The molecule has 1 saturated heterocycles. The van der Waals surface area contributed by atoms with E-state index in [-0.39, 0.29) is 18.7 Å². The number of rotatable bonds is 4. The fraction of sp³-hybridized carbons (Fsp3) is 0.421. The molecule has 1 atom stereocenters. The number of carbonyl (C=O) groups excluding carboxylic acids is 1. The van der Waals surface area contributed by atoms with Crippen LogP contribution in [0.5, 0.6) is 11.5 Å². The molecule has 7 heteroatoms. The van der Waals surface area contributed by atoms with Gasteiger partial charge in [0.25, 0.3) is 5.91 Å². The molecular formula is C19H22N4O3. The van der Waals surface area contributed by atoms with E-state index in [4.69, 9.17) is 9.47 Å². The molecule has 2 aromatic rings. The molecule has 0 saturated carbocycles. The second kappa shape index (κ2) is 7.70. The van der Waals surface area contributed by atoms with Gasteiger partial charge >= 0.3 is 0 Å². The van der Waals surface area contributed by atoms with Crippen LogP contribution in [0.15, 0.2) is 36.9 Å². The lowest BCUT2D eigenvalue weighted by atomic mass is 10.0. The Morgan fingerprint density at radius 2 is 2.00 bits per heavy atom. The second-order valence-corrected chi connectivity index (χ2v) is 6.58. The molecule has 7 nitrogen and oxygen atoms in total. The van der Waals surface area contributed by atoms with Gasteiger partial charge in [-0.2, -0.15) is 0 Å². The highest BCUT2D eigenvalue weighted by Gasteiger charge is 2.27. The topological polar surface area (TPSA) is 76.6 Å². The average molecular weight is 354 g/mol.